The van der Waals surface area contributed by atoms with Crippen molar-refractivity contribution < 1.29 is 33.1 Å². The summed E-state index contributed by atoms with van der Waals surface area (Å²) in [4.78, 5) is 61.0. The van der Waals surface area contributed by atoms with Crippen LogP contribution in [0, 0.1) is 17.1 Å². The summed E-state index contributed by atoms with van der Waals surface area (Å²) in [5.74, 6) is -3.23. The molecule has 2 rings (SSSR count). The highest BCUT2D eigenvalue weighted by Crippen LogP contribution is 2.29. The molecule has 1 fully saturated rings. The summed E-state index contributed by atoms with van der Waals surface area (Å²) in [6.45, 7) is 0.0637. The van der Waals surface area contributed by atoms with Gasteiger partial charge in [0, 0.05) is 25.3 Å². The molecule has 1 aromatic carbocycles. The van der Waals surface area contributed by atoms with Crippen LogP contribution in [0.25, 0.3) is 0 Å². The van der Waals surface area contributed by atoms with Crippen molar-refractivity contribution in [3.8, 4) is 0 Å². The van der Waals surface area contributed by atoms with Gasteiger partial charge in [0.15, 0.2) is 5.78 Å². The second kappa shape index (κ2) is 13.2. The molecular weight excluding hydrogens is 447 g/mol. The maximum absolute atomic E-state index is 13.1. The fraction of sp³-hybridized carbons (Fsp3) is 0.478. The lowest BCUT2D eigenvalue weighted by atomic mass is 10.1. The first-order valence-electron chi connectivity index (χ1n) is 11.0. The van der Waals surface area contributed by atoms with Gasteiger partial charge in [0.25, 0.3) is 0 Å². The molecule has 3 amide bonds. The molecule has 0 radical (unpaired) electrons. The number of nitrogens with one attached hydrogen (secondary N) is 4. The average Bonchev–Trinajstić information content (AvgIpc) is 3.68. The van der Waals surface area contributed by atoms with Crippen LogP contribution in [0.15, 0.2) is 24.3 Å². The minimum absolute atomic E-state index is 0.0275. The zero-order chi connectivity index (χ0) is 25.1. The number of halogens is 1. The van der Waals surface area contributed by atoms with E-state index in [0.717, 1.165) is 12.8 Å². The molecule has 4 N–H and O–H groups in total. The number of esters is 1. The fourth-order valence-electron chi connectivity index (χ4n) is 3.08. The Morgan fingerprint density at radius 1 is 1.03 bits per heavy atom. The van der Waals surface area contributed by atoms with Gasteiger partial charge in [0.2, 0.25) is 17.7 Å². The Kier molecular flexibility index (Phi) is 10.3. The predicted molar refractivity (Wildman–Crippen MR) is 119 cm³/mol. The molecule has 184 valence electrons. The number of Topliss-reactive ketones (excluding diaryl/α,β-unsaturated/α-hetero) is 1. The third-order valence-electron chi connectivity index (χ3n) is 5.30. The van der Waals surface area contributed by atoms with Crippen LogP contribution in [0.4, 0.5) is 4.39 Å². The minimum Gasteiger partial charge on any atom is -0.469 e. The lowest BCUT2D eigenvalue weighted by molar-refractivity contribution is -0.141. The zero-order valence-corrected chi connectivity index (χ0v) is 18.9. The number of amides is 3. The largest absolute Gasteiger partial charge is 0.469 e. The van der Waals surface area contributed by atoms with Crippen molar-refractivity contribution in [2.24, 2.45) is 5.92 Å². The highest BCUT2D eigenvalue weighted by Gasteiger charge is 2.34. The number of carbonyl (C=O) groups is 5. The molecule has 0 spiro atoms. The van der Waals surface area contributed by atoms with Crippen molar-refractivity contribution in [1.82, 2.24) is 16.0 Å². The zero-order valence-electron chi connectivity index (χ0n) is 18.9. The average molecular weight is 477 g/mol. The molecule has 0 unspecified atom stereocenters. The van der Waals surface area contributed by atoms with Crippen molar-refractivity contribution in [2.45, 2.75) is 57.2 Å². The van der Waals surface area contributed by atoms with Crippen molar-refractivity contribution in [3.63, 3.8) is 0 Å². The molecule has 34 heavy (non-hydrogen) atoms. The normalized spacial score (nSPS) is 14.3. The van der Waals surface area contributed by atoms with E-state index in [-0.39, 0.29) is 44.1 Å². The highest BCUT2D eigenvalue weighted by molar-refractivity contribution is 6.26. The van der Waals surface area contributed by atoms with Crippen LogP contribution in [0.2, 0.25) is 0 Å². The summed E-state index contributed by atoms with van der Waals surface area (Å²) in [7, 11) is 1.21. The van der Waals surface area contributed by atoms with E-state index in [1.165, 1.54) is 31.4 Å². The van der Waals surface area contributed by atoms with Crippen molar-refractivity contribution in [2.75, 3.05) is 7.11 Å². The van der Waals surface area contributed by atoms with E-state index < -0.39 is 41.5 Å². The van der Waals surface area contributed by atoms with Crippen molar-refractivity contribution in [1.29, 1.82) is 5.41 Å². The number of rotatable bonds is 14. The quantitative estimate of drug-likeness (QED) is 0.230. The topological polar surface area (TPSA) is 155 Å². The SMILES string of the molecule is COC(=O)CC[C@H](NC(=O)C1CC1)C(=O)N[C@@H](CCC(=O)C=N)C(=O)NCc1ccc(F)cc1. The van der Waals surface area contributed by atoms with Crippen LogP contribution in [0.5, 0.6) is 0 Å². The summed E-state index contributed by atoms with van der Waals surface area (Å²) < 4.78 is 17.7. The van der Waals surface area contributed by atoms with E-state index in [4.69, 9.17) is 5.41 Å². The van der Waals surface area contributed by atoms with Gasteiger partial charge in [-0.05, 0) is 43.4 Å². The number of benzene rings is 1. The van der Waals surface area contributed by atoms with Gasteiger partial charge in [0.1, 0.15) is 17.9 Å². The number of methoxy groups -OCH3 is 1. The van der Waals surface area contributed by atoms with Gasteiger partial charge < -0.3 is 26.1 Å². The first-order valence-corrected chi connectivity index (χ1v) is 11.0. The van der Waals surface area contributed by atoms with Crippen LogP contribution in [-0.2, 0) is 35.3 Å². The second-order valence-corrected chi connectivity index (χ2v) is 8.01. The van der Waals surface area contributed by atoms with Crippen LogP contribution in [0.1, 0.15) is 44.1 Å². The molecule has 1 aromatic rings. The smallest absolute Gasteiger partial charge is 0.305 e. The molecule has 0 aromatic heterocycles. The van der Waals surface area contributed by atoms with E-state index in [0.29, 0.717) is 11.8 Å². The molecule has 1 saturated carbocycles. The van der Waals surface area contributed by atoms with E-state index in [9.17, 15) is 28.4 Å². The summed E-state index contributed by atoms with van der Waals surface area (Å²) in [6, 6.07) is 3.29. The van der Waals surface area contributed by atoms with Gasteiger partial charge in [-0.25, -0.2) is 4.39 Å². The van der Waals surface area contributed by atoms with Crippen LogP contribution in [0.3, 0.4) is 0 Å². The first kappa shape index (κ1) is 26.6. The molecule has 0 saturated heterocycles. The molecule has 1 aliphatic carbocycles. The van der Waals surface area contributed by atoms with Gasteiger partial charge >= 0.3 is 5.97 Å². The van der Waals surface area contributed by atoms with Gasteiger partial charge in [-0.1, -0.05) is 12.1 Å². The second-order valence-electron chi connectivity index (χ2n) is 8.01. The molecule has 10 nitrogen and oxygen atoms in total. The molecular formula is C23H29FN4O6. The van der Waals surface area contributed by atoms with Crippen LogP contribution >= 0.6 is 0 Å². The molecule has 0 aliphatic heterocycles. The third kappa shape index (κ3) is 9.08. The number of ketones is 1. The number of ether oxygens (including phenoxy) is 1. The van der Waals surface area contributed by atoms with Crippen molar-refractivity contribution >= 4 is 35.7 Å². The molecule has 0 heterocycles. The van der Waals surface area contributed by atoms with E-state index >= 15 is 0 Å². The van der Waals surface area contributed by atoms with E-state index in [1.807, 2.05) is 0 Å². The Labute approximate surface area is 196 Å². The number of hydrogen-bond acceptors (Lipinski definition) is 7. The van der Waals surface area contributed by atoms with Gasteiger partial charge in [-0.3, -0.25) is 24.0 Å². The monoisotopic (exact) mass is 476 g/mol. The third-order valence-corrected chi connectivity index (χ3v) is 5.30. The van der Waals surface area contributed by atoms with E-state index in [2.05, 4.69) is 20.7 Å². The fourth-order valence-corrected chi connectivity index (χ4v) is 3.08. The predicted octanol–water partition coefficient (Wildman–Crippen LogP) is 0.774. The number of carbonyl (C=O) groups excluding carboxylic acids is 5. The van der Waals surface area contributed by atoms with Gasteiger partial charge in [0.05, 0.1) is 13.3 Å². The van der Waals surface area contributed by atoms with Crippen LogP contribution < -0.4 is 16.0 Å². The summed E-state index contributed by atoms with van der Waals surface area (Å²) >= 11 is 0. The highest BCUT2D eigenvalue weighted by atomic mass is 19.1. The lowest BCUT2D eigenvalue weighted by Crippen LogP contribution is -2.54. The molecule has 1 aliphatic rings. The standard InChI is InChI=1S/C23H29FN4O6/c1-34-20(30)11-10-19(27-21(31)15-4-5-15)23(33)28-18(9-8-17(29)12-25)22(32)26-13-14-2-6-16(24)7-3-14/h2-3,6-7,12,15,18-19,25H,4-5,8-11,13H2,1H3,(H,26,32)(H,27,31)(H,28,33)/t18-,19-/m0/s1. The summed E-state index contributed by atoms with van der Waals surface area (Å²) in [5, 5.41) is 14.8. The maximum Gasteiger partial charge on any atom is 0.305 e. The Hall–Kier alpha value is -3.63. The Morgan fingerprint density at radius 2 is 1.65 bits per heavy atom. The summed E-state index contributed by atoms with van der Waals surface area (Å²) in [5.41, 5.74) is 0.628. The number of hydrogen-bond donors (Lipinski definition) is 4. The Balaban J connectivity index is 2.06. The van der Waals surface area contributed by atoms with Gasteiger partial charge in [-0.2, -0.15) is 0 Å². The lowest BCUT2D eigenvalue weighted by Gasteiger charge is -2.23. The molecule has 2 atom stereocenters. The minimum atomic E-state index is -1.13. The Bertz CT molecular complexity index is 917. The first-order chi connectivity index (χ1) is 16.2. The van der Waals surface area contributed by atoms with Gasteiger partial charge in [-0.15, -0.1) is 0 Å². The van der Waals surface area contributed by atoms with Crippen LogP contribution in [-0.4, -0.2) is 54.9 Å². The maximum atomic E-state index is 13.1. The molecule has 11 heteroatoms. The van der Waals surface area contributed by atoms with Crippen molar-refractivity contribution in [3.05, 3.63) is 35.6 Å². The Morgan fingerprint density at radius 3 is 2.24 bits per heavy atom. The summed E-state index contributed by atoms with van der Waals surface area (Å²) in [6.07, 6.45) is 1.70. The molecule has 0 bridgehead atoms. The van der Waals surface area contributed by atoms with E-state index in [1.54, 1.807) is 0 Å².